The first-order valence-corrected chi connectivity index (χ1v) is 21.0. The minimum Gasteiger partial charge on any atom is -0.393 e. The van der Waals surface area contributed by atoms with E-state index in [0.29, 0.717) is 51.2 Å². The Kier molecular flexibility index (Phi) is 17.8. The van der Waals surface area contributed by atoms with Gasteiger partial charge in [0.2, 0.25) is 27.7 Å². The maximum atomic E-state index is 14.0. The first-order valence-electron chi connectivity index (χ1n) is 19.4. The van der Waals surface area contributed by atoms with Crippen LogP contribution in [0.3, 0.4) is 0 Å². The lowest BCUT2D eigenvalue weighted by Crippen LogP contribution is -2.55. The Bertz CT molecular complexity index is 1120. The molecule has 5 unspecified atom stereocenters. The fraction of sp³-hybridized carbons (Fsp3) is 0.917. The van der Waals surface area contributed by atoms with Gasteiger partial charge < -0.3 is 20.4 Å². The van der Waals surface area contributed by atoms with E-state index in [1.807, 2.05) is 13.8 Å². The van der Waals surface area contributed by atoms with E-state index in [1.54, 1.807) is 9.91 Å². The summed E-state index contributed by atoms with van der Waals surface area (Å²) in [6.45, 7) is 7.88. The summed E-state index contributed by atoms with van der Waals surface area (Å²) in [5.74, 6) is -1.41. The third kappa shape index (κ3) is 14.0. The highest BCUT2D eigenvalue weighted by atomic mass is 32.2. The van der Waals surface area contributed by atoms with Crippen molar-refractivity contribution in [2.75, 3.05) is 26.2 Å². The highest BCUT2D eigenvalue weighted by molar-refractivity contribution is 7.89. The van der Waals surface area contributed by atoms with Gasteiger partial charge in [0.1, 0.15) is 0 Å². The number of aliphatic hydroxyl groups is 2. The predicted octanol–water partition coefficient (Wildman–Crippen LogP) is 3.60. The van der Waals surface area contributed by atoms with Gasteiger partial charge in [-0.05, 0) is 95.3 Å². The van der Waals surface area contributed by atoms with Crippen LogP contribution in [0.5, 0.6) is 0 Å². The molecule has 0 aromatic heterocycles. The maximum absolute atomic E-state index is 14.0. The number of hydrogen-bond donors (Lipinski definition) is 5. The smallest absolute Gasteiger partial charge is 0.234 e. The number of carbonyl (C=O) groups excluding carboxylic acids is 3. The van der Waals surface area contributed by atoms with Crippen molar-refractivity contribution in [3.63, 3.8) is 0 Å². The number of aliphatic hydroxyl groups excluding tert-OH is 2. The van der Waals surface area contributed by atoms with Crippen LogP contribution in [-0.4, -0.2) is 95.9 Å². The highest BCUT2D eigenvalue weighted by Gasteiger charge is 2.42. The molecule has 49 heavy (non-hydrogen) atoms. The van der Waals surface area contributed by atoms with E-state index >= 15 is 0 Å². The van der Waals surface area contributed by atoms with Gasteiger partial charge in [-0.2, -0.15) is 0 Å². The molecule has 0 aliphatic heterocycles. The van der Waals surface area contributed by atoms with Crippen LogP contribution in [-0.2, 0) is 24.4 Å². The number of hydrazine groups is 1. The van der Waals surface area contributed by atoms with Crippen molar-refractivity contribution in [2.24, 2.45) is 28.8 Å². The van der Waals surface area contributed by atoms with Crippen LogP contribution in [0.2, 0.25) is 0 Å². The summed E-state index contributed by atoms with van der Waals surface area (Å²) < 4.78 is 25.2. The van der Waals surface area contributed by atoms with E-state index in [0.717, 1.165) is 64.2 Å². The van der Waals surface area contributed by atoms with Gasteiger partial charge in [0, 0.05) is 44.4 Å². The monoisotopic (exact) mass is 713 g/mol. The molecule has 3 rings (SSSR count). The largest absolute Gasteiger partial charge is 0.393 e. The molecule has 284 valence electrons. The van der Waals surface area contributed by atoms with E-state index in [4.69, 9.17) is 5.14 Å². The van der Waals surface area contributed by atoms with E-state index < -0.39 is 39.3 Å². The number of sulfonamides is 1. The summed E-state index contributed by atoms with van der Waals surface area (Å²) >= 11 is 0. The molecular formula is C36H67N5O7S. The van der Waals surface area contributed by atoms with Crippen molar-refractivity contribution in [1.82, 2.24) is 20.7 Å². The second kappa shape index (κ2) is 20.9. The van der Waals surface area contributed by atoms with Crippen LogP contribution in [0.15, 0.2) is 0 Å². The molecule has 0 bridgehead atoms. The van der Waals surface area contributed by atoms with Gasteiger partial charge in [0.05, 0.1) is 23.5 Å². The van der Waals surface area contributed by atoms with Crippen molar-refractivity contribution < 1.29 is 33.0 Å². The van der Waals surface area contributed by atoms with E-state index in [-0.39, 0.29) is 55.6 Å². The second-order valence-electron chi connectivity index (χ2n) is 15.3. The minimum atomic E-state index is -4.00. The summed E-state index contributed by atoms with van der Waals surface area (Å²) in [7, 11) is -4.00. The van der Waals surface area contributed by atoms with E-state index in [2.05, 4.69) is 17.7 Å². The first kappa shape index (κ1) is 41.6. The van der Waals surface area contributed by atoms with Crippen LogP contribution < -0.4 is 15.9 Å². The number of amides is 3. The van der Waals surface area contributed by atoms with E-state index in [1.165, 1.54) is 6.42 Å². The molecule has 3 aliphatic carbocycles. The summed E-state index contributed by atoms with van der Waals surface area (Å²) in [5, 5.41) is 31.3. The highest BCUT2D eigenvalue weighted by Crippen LogP contribution is 2.35. The third-order valence-electron chi connectivity index (χ3n) is 11.0. The molecule has 12 nitrogen and oxygen atoms in total. The van der Waals surface area contributed by atoms with E-state index in [9.17, 15) is 33.0 Å². The molecule has 0 spiro atoms. The number of nitrogens with two attached hydrogens (primary N) is 1. The molecule has 3 saturated carbocycles. The summed E-state index contributed by atoms with van der Waals surface area (Å²) in [4.78, 5) is 42.5. The quantitative estimate of drug-likeness (QED) is 0.126. The molecule has 13 heteroatoms. The number of hydrogen-bond acceptors (Lipinski definition) is 8. The molecular weight excluding hydrogens is 646 g/mol. The fourth-order valence-corrected chi connectivity index (χ4v) is 9.20. The zero-order valence-electron chi connectivity index (χ0n) is 30.5. The third-order valence-corrected chi connectivity index (χ3v) is 12.3. The zero-order valence-corrected chi connectivity index (χ0v) is 31.3. The van der Waals surface area contributed by atoms with Gasteiger partial charge >= 0.3 is 0 Å². The molecule has 6 N–H and O–H groups in total. The molecule has 5 atom stereocenters. The summed E-state index contributed by atoms with van der Waals surface area (Å²) in [6, 6.07) is -0.659. The maximum Gasteiger partial charge on any atom is 0.234 e. The number of nitrogens with zero attached hydrogens (tertiary/aromatic N) is 2. The number of carbonyl (C=O) groups is 3. The Balaban J connectivity index is 1.77. The van der Waals surface area contributed by atoms with Crippen molar-refractivity contribution in [3.05, 3.63) is 0 Å². The topological polar surface area (TPSA) is 182 Å². The normalized spacial score (nSPS) is 26.6. The van der Waals surface area contributed by atoms with Crippen molar-refractivity contribution in [2.45, 2.75) is 160 Å². The number of nitrogens with one attached hydrogen (secondary N) is 2. The molecule has 0 aromatic carbocycles. The van der Waals surface area contributed by atoms with Crippen LogP contribution >= 0.6 is 0 Å². The lowest BCUT2D eigenvalue weighted by atomic mass is 9.79. The average Bonchev–Trinajstić information content (AvgIpc) is 3.07. The van der Waals surface area contributed by atoms with Crippen LogP contribution in [0, 0.1) is 23.7 Å². The first-order chi connectivity index (χ1) is 23.3. The number of rotatable bonds is 19. The van der Waals surface area contributed by atoms with Crippen molar-refractivity contribution >= 4 is 27.7 Å². The average molecular weight is 714 g/mol. The summed E-state index contributed by atoms with van der Waals surface area (Å²) in [6.07, 6.45) is 11.7. The Hall–Kier alpha value is -1.80. The Morgan fingerprint density at radius 1 is 0.837 bits per heavy atom. The predicted molar refractivity (Wildman–Crippen MR) is 191 cm³/mol. The molecule has 3 amide bonds. The molecule has 3 fully saturated rings. The Morgan fingerprint density at radius 3 is 2.06 bits per heavy atom. The summed E-state index contributed by atoms with van der Waals surface area (Å²) in [5.41, 5.74) is 3.05. The SMILES string of the molecule is CCCCN(CC(O)C(CC1CCC(O)CC1)NC(=O)C1CC(C(=O)N(CCC)CCC)CC(S(N)(=O)=O)C1)NC(=O)CC1CCCCC1. The lowest BCUT2D eigenvalue weighted by molar-refractivity contribution is -0.138. The van der Waals surface area contributed by atoms with Crippen LogP contribution in [0.1, 0.15) is 136 Å². The van der Waals surface area contributed by atoms with Gasteiger partial charge in [0.25, 0.3) is 0 Å². The van der Waals surface area contributed by atoms with Crippen LogP contribution in [0.4, 0.5) is 0 Å². The van der Waals surface area contributed by atoms with Gasteiger partial charge in [0.15, 0.2) is 0 Å². The fourth-order valence-electron chi connectivity index (χ4n) is 8.20. The van der Waals surface area contributed by atoms with Gasteiger partial charge in [-0.25, -0.2) is 18.6 Å². The van der Waals surface area contributed by atoms with Gasteiger partial charge in [-0.15, -0.1) is 0 Å². The molecule has 3 aliphatic rings. The van der Waals surface area contributed by atoms with Crippen molar-refractivity contribution in [3.8, 4) is 0 Å². The Labute approximate surface area is 295 Å². The Morgan fingerprint density at radius 2 is 1.47 bits per heavy atom. The van der Waals surface area contributed by atoms with Crippen molar-refractivity contribution in [1.29, 1.82) is 0 Å². The van der Waals surface area contributed by atoms with Gasteiger partial charge in [-0.3, -0.25) is 19.8 Å². The molecule has 0 radical (unpaired) electrons. The minimum absolute atomic E-state index is 0.0221. The number of unbranched alkanes of at least 4 members (excludes halogenated alkanes) is 1. The zero-order chi connectivity index (χ0) is 36.0. The molecule has 0 heterocycles. The molecule has 0 aromatic rings. The van der Waals surface area contributed by atoms with Gasteiger partial charge in [-0.1, -0.05) is 46.5 Å². The standard InChI is InChI=1S/C36H67N5O7S/c1-4-7-19-41(39-34(44)21-26-11-9-8-10-12-26)25-33(43)32(20-27-13-15-30(42)16-14-27)38-35(45)28-22-29(24-31(23-28)49(37,47)48)36(46)40(17-5-2)18-6-3/h26-33,42-43H,4-25H2,1-3H3,(H,38,45)(H,39,44)(H2,37,47,48). The molecule has 0 saturated heterocycles. The van der Waals surface area contributed by atoms with Crippen LogP contribution in [0.25, 0.3) is 0 Å². The lowest BCUT2D eigenvalue weighted by Gasteiger charge is -2.37. The number of primary sulfonamides is 1. The second-order valence-corrected chi connectivity index (χ2v) is 17.1.